The molecular formula is C17H17ClN2O2. The summed E-state index contributed by atoms with van der Waals surface area (Å²) < 4.78 is 5.19. The SMILES string of the molecule is O=C(NCC1CCc2ccccc2N1)Oc1ccc(Cl)cc1. The number of ether oxygens (including phenoxy) is 1. The lowest BCUT2D eigenvalue weighted by molar-refractivity contribution is 0.200. The van der Waals surface area contributed by atoms with Gasteiger partial charge < -0.3 is 15.4 Å². The fourth-order valence-electron chi connectivity index (χ4n) is 2.51. The van der Waals surface area contributed by atoms with Gasteiger partial charge in [0.05, 0.1) is 0 Å². The average molecular weight is 317 g/mol. The summed E-state index contributed by atoms with van der Waals surface area (Å²) in [6, 6.07) is 15.2. The van der Waals surface area contributed by atoms with Crippen LogP contribution in [0.15, 0.2) is 48.5 Å². The third kappa shape index (κ3) is 3.71. The van der Waals surface area contributed by atoms with Gasteiger partial charge in [0.25, 0.3) is 0 Å². The van der Waals surface area contributed by atoms with E-state index in [9.17, 15) is 4.79 Å². The minimum absolute atomic E-state index is 0.215. The highest BCUT2D eigenvalue weighted by molar-refractivity contribution is 6.30. The smallest absolute Gasteiger partial charge is 0.410 e. The summed E-state index contributed by atoms with van der Waals surface area (Å²) in [7, 11) is 0. The van der Waals surface area contributed by atoms with E-state index in [-0.39, 0.29) is 6.04 Å². The van der Waals surface area contributed by atoms with E-state index in [4.69, 9.17) is 16.3 Å². The topological polar surface area (TPSA) is 50.4 Å². The second kappa shape index (κ2) is 6.71. The van der Waals surface area contributed by atoms with Crippen LogP contribution in [0.5, 0.6) is 5.75 Å². The zero-order chi connectivity index (χ0) is 15.4. The summed E-state index contributed by atoms with van der Waals surface area (Å²) in [5.74, 6) is 0.476. The first-order valence-electron chi connectivity index (χ1n) is 7.26. The molecule has 0 radical (unpaired) electrons. The third-order valence-corrected chi connectivity index (χ3v) is 3.91. The van der Waals surface area contributed by atoms with Gasteiger partial charge in [-0.15, -0.1) is 0 Å². The van der Waals surface area contributed by atoms with E-state index in [0.717, 1.165) is 18.5 Å². The van der Waals surface area contributed by atoms with Gasteiger partial charge in [-0.25, -0.2) is 4.79 Å². The van der Waals surface area contributed by atoms with Crippen LogP contribution >= 0.6 is 11.6 Å². The summed E-state index contributed by atoms with van der Waals surface area (Å²) in [6.45, 7) is 0.529. The Labute approximate surface area is 134 Å². The predicted octanol–water partition coefficient (Wildman–Crippen LogP) is 3.86. The van der Waals surface area contributed by atoms with Crippen molar-refractivity contribution in [1.82, 2.24) is 5.32 Å². The molecule has 5 heteroatoms. The molecule has 3 rings (SSSR count). The second-order valence-electron chi connectivity index (χ2n) is 5.26. The summed E-state index contributed by atoms with van der Waals surface area (Å²) in [4.78, 5) is 11.8. The van der Waals surface area contributed by atoms with Crippen molar-refractivity contribution in [3.8, 4) is 5.75 Å². The van der Waals surface area contributed by atoms with Gasteiger partial charge in [0.1, 0.15) is 5.75 Å². The van der Waals surface area contributed by atoms with Crippen LogP contribution in [0, 0.1) is 0 Å². The van der Waals surface area contributed by atoms with Gasteiger partial charge in [-0.3, -0.25) is 0 Å². The van der Waals surface area contributed by atoms with Crippen LogP contribution in [-0.2, 0) is 6.42 Å². The van der Waals surface area contributed by atoms with E-state index >= 15 is 0 Å². The highest BCUT2D eigenvalue weighted by Gasteiger charge is 2.18. The lowest BCUT2D eigenvalue weighted by Crippen LogP contribution is -2.39. The number of aryl methyl sites for hydroxylation is 1. The quantitative estimate of drug-likeness (QED) is 0.904. The Kier molecular flexibility index (Phi) is 4.49. The number of benzene rings is 2. The van der Waals surface area contributed by atoms with Crippen LogP contribution in [0.1, 0.15) is 12.0 Å². The molecule has 0 bridgehead atoms. The minimum atomic E-state index is -0.456. The fraction of sp³-hybridized carbons (Fsp3) is 0.235. The van der Waals surface area contributed by atoms with Crippen molar-refractivity contribution in [3.05, 3.63) is 59.1 Å². The number of anilines is 1. The molecule has 0 spiro atoms. The maximum absolute atomic E-state index is 11.8. The van der Waals surface area contributed by atoms with Gasteiger partial charge >= 0.3 is 6.09 Å². The minimum Gasteiger partial charge on any atom is -0.410 e. The highest BCUT2D eigenvalue weighted by atomic mass is 35.5. The van der Waals surface area contributed by atoms with Crippen molar-refractivity contribution in [2.45, 2.75) is 18.9 Å². The van der Waals surface area contributed by atoms with Gasteiger partial charge in [-0.05, 0) is 48.7 Å². The molecular weight excluding hydrogens is 300 g/mol. The lowest BCUT2D eigenvalue weighted by atomic mass is 9.98. The second-order valence-corrected chi connectivity index (χ2v) is 5.70. The molecule has 4 nitrogen and oxygen atoms in total. The first-order chi connectivity index (χ1) is 10.7. The molecule has 114 valence electrons. The molecule has 0 aliphatic carbocycles. The summed E-state index contributed by atoms with van der Waals surface area (Å²) in [5, 5.41) is 6.83. The number of nitrogens with one attached hydrogen (secondary N) is 2. The number of para-hydroxylation sites is 1. The van der Waals surface area contributed by atoms with Crippen molar-refractivity contribution in [2.75, 3.05) is 11.9 Å². The molecule has 2 N–H and O–H groups in total. The lowest BCUT2D eigenvalue weighted by Gasteiger charge is -2.27. The van der Waals surface area contributed by atoms with E-state index in [1.807, 2.05) is 12.1 Å². The van der Waals surface area contributed by atoms with Crippen molar-refractivity contribution >= 4 is 23.4 Å². The fourth-order valence-corrected chi connectivity index (χ4v) is 2.63. The number of amides is 1. The number of rotatable bonds is 3. The first-order valence-corrected chi connectivity index (χ1v) is 7.64. The van der Waals surface area contributed by atoms with Crippen molar-refractivity contribution < 1.29 is 9.53 Å². The highest BCUT2D eigenvalue weighted by Crippen LogP contribution is 2.23. The largest absolute Gasteiger partial charge is 0.412 e. The standard InChI is InChI=1S/C17H17ClN2O2/c18-13-6-9-15(10-7-13)22-17(21)19-11-14-8-5-12-3-1-2-4-16(12)20-14/h1-4,6-7,9-10,14,20H,5,8,11H2,(H,19,21). The molecule has 22 heavy (non-hydrogen) atoms. The third-order valence-electron chi connectivity index (χ3n) is 3.66. The van der Waals surface area contributed by atoms with Crippen LogP contribution in [0.3, 0.4) is 0 Å². The molecule has 1 atom stereocenters. The summed E-state index contributed by atoms with van der Waals surface area (Å²) >= 11 is 5.79. The summed E-state index contributed by atoms with van der Waals surface area (Å²) in [5.41, 5.74) is 2.47. The van der Waals surface area contributed by atoms with Crippen LogP contribution in [0.25, 0.3) is 0 Å². The number of halogens is 1. The molecule has 2 aromatic carbocycles. The molecule has 1 amide bonds. The monoisotopic (exact) mass is 316 g/mol. The maximum Gasteiger partial charge on any atom is 0.412 e. The van der Waals surface area contributed by atoms with E-state index in [2.05, 4.69) is 22.8 Å². The van der Waals surface area contributed by atoms with E-state index in [1.165, 1.54) is 5.56 Å². The Hall–Kier alpha value is -2.20. The van der Waals surface area contributed by atoms with Crippen LogP contribution in [0.4, 0.5) is 10.5 Å². The number of hydrogen-bond donors (Lipinski definition) is 2. The Morgan fingerprint density at radius 1 is 1.23 bits per heavy atom. The van der Waals surface area contributed by atoms with Gasteiger partial charge in [-0.1, -0.05) is 29.8 Å². The summed E-state index contributed by atoms with van der Waals surface area (Å²) in [6.07, 6.45) is 1.54. The van der Waals surface area contributed by atoms with Crippen LogP contribution in [-0.4, -0.2) is 18.7 Å². The molecule has 2 aromatic rings. The molecule has 0 saturated carbocycles. The molecule has 0 aromatic heterocycles. The van der Waals surface area contributed by atoms with Crippen LogP contribution < -0.4 is 15.4 Å². The number of fused-ring (bicyclic) bond motifs is 1. The zero-order valence-electron chi connectivity index (χ0n) is 12.0. The molecule has 1 aliphatic heterocycles. The Morgan fingerprint density at radius 3 is 2.82 bits per heavy atom. The molecule has 0 fully saturated rings. The number of carbonyl (C=O) groups excluding carboxylic acids is 1. The van der Waals surface area contributed by atoms with Crippen molar-refractivity contribution in [2.24, 2.45) is 0 Å². The zero-order valence-corrected chi connectivity index (χ0v) is 12.8. The Balaban J connectivity index is 1.49. The maximum atomic E-state index is 11.8. The van der Waals surface area contributed by atoms with Crippen molar-refractivity contribution in [1.29, 1.82) is 0 Å². The molecule has 0 saturated heterocycles. The van der Waals surface area contributed by atoms with Gasteiger partial charge in [0, 0.05) is 23.3 Å². The van der Waals surface area contributed by atoms with E-state index < -0.39 is 6.09 Å². The molecule has 1 aliphatic rings. The Bertz CT molecular complexity index is 658. The predicted molar refractivity (Wildman–Crippen MR) is 87.7 cm³/mol. The van der Waals surface area contributed by atoms with E-state index in [1.54, 1.807) is 24.3 Å². The first kappa shape index (κ1) is 14.7. The average Bonchev–Trinajstić information content (AvgIpc) is 2.55. The van der Waals surface area contributed by atoms with Crippen molar-refractivity contribution in [3.63, 3.8) is 0 Å². The van der Waals surface area contributed by atoms with Gasteiger partial charge in [0.2, 0.25) is 0 Å². The number of carbonyl (C=O) groups is 1. The Morgan fingerprint density at radius 2 is 2.00 bits per heavy atom. The van der Waals surface area contributed by atoms with Gasteiger partial charge in [0.15, 0.2) is 0 Å². The van der Waals surface area contributed by atoms with Gasteiger partial charge in [-0.2, -0.15) is 0 Å². The van der Waals surface area contributed by atoms with Crippen LogP contribution in [0.2, 0.25) is 5.02 Å². The van der Waals surface area contributed by atoms with E-state index in [0.29, 0.717) is 17.3 Å². The normalized spacial score (nSPS) is 16.3. The number of hydrogen-bond acceptors (Lipinski definition) is 3. The molecule has 1 unspecified atom stereocenters. The molecule has 1 heterocycles.